The quantitative estimate of drug-likeness (QED) is 0.757. The topological polar surface area (TPSA) is 26.3 Å². The second-order valence-corrected chi connectivity index (χ2v) is 5.41. The van der Waals surface area contributed by atoms with Crippen LogP contribution in [-0.4, -0.2) is 18.6 Å². The fourth-order valence-corrected chi connectivity index (χ4v) is 2.80. The van der Waals surface area contributed by atoms with Crippen molar-refractivity contribution in [3.8, 4) is 5.75 Å². The van der Waals surface area contributed by atoms with Crippen LogP contribution in [0.5, 0.6) is 5.75 Å². The smallest absolute Gasteiger partial charge is 0.391 e. The molecule has 0 heterocycles. The zero-order valence-corrected chi connectivity index (χ0v) is 12.0. The molecule has 0 atom stereocenters. The highest BCUT2D eigenvalue weighted by atomic mass is 19.4. The number of carbonyl (C=O) groups excluding carboxylic acids is 1. The van der Waals surface area contributed by atoms with E-state index >= 15 is 0 Å². The zero-order chi connectivity index (χ0) is 15.5. The number of ether oxygens (including phenoxy) is 1. The maximum atomic E-state index is 12.6. The number of carbonyl (C=O) groups is 1. The normalized spacial score (nSPS) is 22.9. The van der Waals surface area contributed by atoms with Crippen LogP contribution in [0, 0.1) is 11.8 Å². The lowest BCUT2D eigenvalue weighted by Crippen LogP contribution is -2.30. The van der Waals surface area contributed by atoms with Crippen molar-refractivity contribution in [1.82, 2.24) is 0 Å². The highest BCUT2D eigenvalue weighted by Crippen LogP contribution is 2.40. The van der Waals surface area contributed by atoms with Crippen LogP contribution in [0.2, 0.25) is 0 Å². The molecule has 0 N–H and O–H groups in total. The molecule has 116 valence electrons. The van der Waals surface area contributed by atoms with Crippen LogP contribution in [0.15, 0.2) is 24.3 Å². The first-order valence-corrected chi connectivity index (χ1v) is 7.25. The Kier molecular flexibility index (Phi) is 4.91. The fraction of sp³-hybridized carbons (Fsp3) is 0.562. The van der Waals surface area contributed by atoms with Gasteiger partial charge in [-0.2, -0.15) is 13.2 Å². The van der Waals surface area contributed by atoms with Crippen LogP contribution in [-0.2, 0) is 0 Å². The van der Waals surface area contributed by atoms with Crippen molar-refractivity contribution in [2.75, 3.05) is 6.61 Å². The number of hydrogen-bond acceptors (Lipinski definition) is 2. The summed E-state index contributed by atoms with van der Waals surface area (Å²) in [4.78, 5) is 12.3. The largest absolute Gasteiger partial charge is 0.494 e. The van der Waals surface area contributed by atoms with E-state index in [2.05, 4.69) is 0 Å². The first-order chi connectivity index (χ1) is 9.91. The minimum Gasteiger partial charge on any atom is -0.494 e. The number of benzene rings is 1. The minimum absolute atomic E-state index is 0.0525. The highest BCUT2D eigenvalue weighted by molar-refractivity contribution is 5.98. The van der Waals surface area contributed by atoms with Crippen LogP contribution in [0.1, 0.15) is 43.0 Å². The Morgan fingerprint density at radius 2 is 1.71 bits per heavy atom. The first-order valence-electron chi connectivity index (χ1n) is 7.25. The average Bonchev–Trinajstić information content (AvgIpc) is 2.47. The molecule has 2 nitrogen and oxygen atoms in total. The van der Waals surface area contributed by atoms with Crippen molar-refractivity contribution in [2.24, 2.45) is 11.8 Å². The van der Waals surface area contributed by atoms with Gasteiger partial charge in [-0.15, -0.1) is 0 Å². The highest BCUT2D eigenvalue weighted by Gasteiger charge is 2.42. The predicted molar refractivity (Wildman–Crippen MR) is 73.4 cm³/mol. The molecule has 1 aromatic carbocycles. The molecule has 21 heavy (non-hydrogen) atoms. The number of hydrogen-bond donors (Lipinski definition) is 0. The summed E-state index contributed by atoms with van der Waals surface area (Å²) in [5.41, 5.74) is 0.550. The van der Waals surface area contributed by atoms with Gasteiger partial charge in [-0.3, -0.25) is 4.79 Å². The minimum atomic E-state index is -4.13. The van der Waals surface area contributed by atoms with Gasteiger partial charge in [0.1, 0.15) is 5.75 Å². The third-order valence-corrected chi connectivity index (χ3v) is 4.01. The summed E-state index contributed by atoms with van der Waals surface area (Å²) in [7, 11) is 0. The van der Waals surface area contributed by atoms with Gasteiger partial charge in [0.2, 0.25) is 0 Å². The Bertz CT molecular complexity index is 471. The Hall–Kier alpha value is -1.52. The molecule has 0 saturated heterocycles. The molecule has 1 aromatic rings. The molecule has 0 spiro atoms. The van der Waals surface area contributed by atoms with Crippen molar-refractivity contribution < 1.29 is 22.7 Å². The number of Topliss-reactive ketones (excluding diaryl/α,β-unsaturated/α-hetero) is 1. The van der Waals surface area contributed by atoms with E-state index in [1.807, 2.05) is 6.92 Å². The Labute approximate surface area is 122 Å². The van der Waals surface area contributed by atoms with Gasteiger partial charge in [0.05, 0.1) is 12.5 Å². The third kappa shape index (κ3) is 3.99. The van der Waals surface area contributed by atoms with Gasteiger partial charge in [-0.1, -0.05) is 0 Å². The molecule has 0 unspecified atom stereocenters. The predicted octanol–water partition coefficient (Wildman–Crippen LogP) is 4.64. The van der Waals surface area contributed by atoms with E-state index in [1.54, 1.807) is 24.3 Å². The summed E-state index contributed by atoms with van der Waals surface area (Å²) in [5, 5.41) is 0. The summed E-state index contributed by atoms with van der Waals surface area (Å²) in [6.45, 7) is 2.42. The molecule has 5 heteroatoms. The van der Waals surface area contributed by atoms with E-state index in [9.17, 15) is 18.0 Å². The van der Waals surface area contributed by atoms with E-state index in [0.717, 1.165) is 0 Å². The molecule has 1 aliphatic rings. The Morgan fingerprint density at radius 1 is 1.14 bits per heavy atom. The van der Waals surface area contributed by atoms with Crippen molar-refractivity contribution in [3.63, 3.8) is 0 Å². The summed E-state index contributed by atoms with van der Waals surface area (Å²) in [5.74, 6) is -0.906. The summed E-state index contributed by atoms with van der Waals surface area (Å²) in [6, 6.07) is 6.81. The van der Waals surface area contributed by atoms with Gasteiger partial charge in [-0.25, -0.2) is 0 Å². The van der Waals surface area contributed by atoms with Crippen LogP contribution in [0.25, 0.3) is 0 Å². The summed E-state index contributed by atoms with van der Waals surface area (Å²) < 4.78 is 43.1. The molecule has 1 fully saturated rings. The number of ketones is 1. The number of alkyl halides is 3. The van der Waals surface area contributed by atoms with Gasteiger partial charge in [0, 0.05) is 11.5 Å². The SMILES string of the molecule is CCOc1ccc(C(=O)C2CCC(C(F)(F)F)CC2)cc1. The van der Waals surface area contributed by atoms with E-state index in [4.69, 9.17) is 4.74 Å². The van der Waals surface area contributed by atoms with E-state index < -0.39 is 12.1 Å². The van der Waals surface area contributed by atoms with Crippen LogP contribution in [0.4, 0.5) is 13.2 Å². The van der Waals surface area contributed by atoms with Crippen molar-refractivity contribution in [2.45, 2.75) is 38.8 Å². The Morgan fingerprint density at radius 3 is 2.19 bits per heavy atom. The maximum Gasteiger partial charge on any atom is 0.391 e. The molecule has 1 saturated carbocycles. The van der Waals surface area contributed by atoms with Crippen LogP contribution < -0.4 is 4.74 Å². The summed E-state index contributed by atoms with van der Waals surface area (Å²) >= 11 is 0. The monoisotopic (exact) mass is 300 g/mol. The van der Waals surface area contributed by atoms with Crippen LogP contribution >= 0.6 is 0 Å². The maximum absolute atomic E-state index is 12.6. The molecule has 2 rings (SSSR count). The van der Waals surface area contributed by atoms with Crippen molar-refractivity contribution in [1.29, 1.82) is 0 Å². The van der Waals surface area contributed by atoms with E-state index in [1.165, 1.54) is 0 Å². The molecule has 0 amide bonds. The lowest BCUT2D eigenvalue weighted by molar-refractivity contribution is -0.183. The first kappa shape index (κ1) is 15.9. The molecule has 0 aliphatic heterocycles. The Balaban J connectivity index is 1.95. The summed E-state index contributed by atoms with van der Waals surface area (Å²) in [6.07, 6.45) is -3.40. The van der Waals surface area contributed by atoms with Gasteiger partial charge < -0.3 is 4.74 Å². The average molecular weight is 300 g/mol. The second-order valence-electron chi connectivity index (χ2n) is 5.41. The molecule has 1 aliphatic carbocycles. The fourth-order valence-electron chi connectivity index (χ4n) is 2.80. The molecule has 0 radical (unpaired) electrons. The molecule has 0 aromatic heterocycles. The number of halogens is 3. The number of rotatable bonds is 4. The van der Waals surface area contributed by atoms with E-state index in [0.29, 0.717) is 30.8 Å². The van der Waals surface area contributed by atoms with Crippen molar-refractivity contribution >= 4 is 5.78 Å². The van der Waals surface area contributed by atoms with Gasteiger partial charge in [-0.05, 0) is 56.9 Å². The second kappa shape index (κ2) is 6.50. The lowest BCUT2D eigenvalue weighted by Gasteiger charge is -2.29. The van der Waals surface area contributed by atoms with Crippen LogP contribution in [0.3, 0.4) is 0 Å². The molecule has 0 bridgehead atoms. The van der Waals surface area contributed by atoms with Crippen molar-refractivity contribution in [3.05, 3.63) is 29.8 Å². The van der Waals surface area contributed by atoms with E-state index in [-0.39, 0.29) is 24.5 Å². The molecular weight excluding hydrogens is 281 g/mol. The van der Waals surface area contributed by atoms with Gasteiger partial charge in [0.15, 0.2) is 5.78 Å². The lowest BCUT2D eigenvalue weighted by atomic mass is 9.78. The standard InChI is InChI=1S/C16H19F3O2/c1-2-21-14-9-5-12(6-10-14)15(20)11-3-7-13(8-4-11)16(17,18)19/h5-6,9-11,13H,2-4,7-8H2,1H3. The molecular formula is C16H19F3O2. The third-order valence-electron chi connectivity index (χ3n) is 4.01. The van der Waals surface area contributed by atoms with Gasteiger partial charge in [0.25, 0.3) is 0 Å². The van der Waals surface area contributed by atoms with Gasteiger partial charge >= 0.3 is 6.18 Å². The zero-order valence-electron chi connectivity index (χ0n) is 12.0.